The normalized spacial score (nSPS) is 20.2. The van der Waals surface area contributed by atoms with Gasteiger partial charge in [-0.2, -0.15) is 0 Å². The topological polar surface area (TPSA) is 53.7 Å². The van der Waals surface area contributed by atoms with Crippen LogP contribution in [0.2, 0.25) is 0 Å². The fraction of sp³-hybridized carbons (Fsp3) is 0.357. The van der Waals surface area contributed by atoms with E-state index in [0.29, 0.717) is 6.54 Å². The number of furan rings is 1. The Kier molecular flexibility index (Phi) is 2.70. The number of rotatable bonds is 2. The van der Waals surface area contributed by atoms with Crippen molar-refractivity contribution in [3.8, 4) is 0 Å². The Morgan fingerprint density at radius 2 is 2.28 bits per heavy atom. The zero-order chi connectivity index (χ0) is 12.5. The van der Waals surface area contributed by atoms with Gasteiger partial charge in [0.1, 0.15) is 5.58 Å². The first-order valence-electron chi connectivity index (χ1n) is 6.19. The predicted octanol–water partition coefficient (Wildman–Crippen LogP) is 2.73. The van der Waals surface area contributed by atoms with E-state index in [0.717, 1.165) is 36.0 Å². The van der Waals surface area contributed by atoms with Crippen LogP contribution in [-0.4, -0.2) is 24.2 Å². The summed E-state index contributed by atoms with van der Waals surface area (Å²) in [5.74, 6) is -0.958. The molecule has 0 bridgehead atoms. The van der Waals surface area contributed by atoms with Gasteiger partial charge in [0.15, 0.2) is 0 Å². The number of benzene rings is 1. The monoisotopic (exact) mass is 245 g/mol. The van der Waals surface area contributed by atoms with Crippen molar-refractivity contribution in [1.29, 1.82) is 0 Å². The van der Waals surface area contributed by atoms with Crippen LogP contribution < -0.4 is 4.90 Å². The Hall–Kier alpha value is -1.97. The van der Waals surface area contributed by atoms with E-state index < -0.39 is 5.97 Å². The molecule has 3 rings (SSSR count). The standard InChI is InChI=1S/C14H15NO3/c16-14(17)10-3-2-7-15(9-10)12-4-1-5-13-11(12)6-8-18-13/h1,4-6,8,10H,2-3,7,9H2,(H,16,17). The van der Waals surface area contributed by atoms with Crippen molar-refractivity contribution in [2.45, 2.75) is 12.8 Å². The molecular weight excluding hydrogens is 230 g/mol. The number of hydrogen-bond acceptors (Lipinski definition) is 3. The number of nitrogens with zero attached hydrogens (tertiary/aromatic N) is 1. The molecule has 0 amide bonds. The molecule has 1 atom stereocenters. The quantitative estimate of drug-likeness (QED) is 0.883. The molecule has 1 aliphatic heterocycles. The second-order valence-corrected chi connectivity index (χ2v) is 4.73. The lowest BCUT2D eigenvalue weighted by Gasteiger charge is -2.32. The fourth-order valence-corrected chi connectivity index (χ4v) is 2.65. The van der Waals surface area contributed by atoms with E-state index >= 15 is 0 Å². The number of hydrogen-bond donors (Lipinski definition) is 1. The Balaban J connectivity index is 1.94. The SMILES string of the molecule is O=C(O)C1CCCN(c2cccc3occc23)C1. The largest absolute Gasteiger partial charge is 0.481 e. The molecule has 1 N–H and O–H groups in total. The number of carboxylic acid groups (broad SMARTS) is 1. The van der Waals surface area contributed by atoms with Crippen LogP contribution >= 0.6 is 0 Å². The van der Waals surface area contributed by atoms with Crippen molar-refractivity contribution in [3.63, 3.8) is 0 Å². The van der Waals surface area contributed by atoms with Gasteiger partial charge in [-0.05, 0) is 31.0 Å². The van der Waals surface area contributed by atoms with Crippen LogP contribution in [0.4, 0.5) is 5.69 Å². The summed E-state index contributed by atoms with van der Waals surface area (Å²) in [5, 5.41) is 10.2. The third kappa shape index (κ3) is 1.83. The van der Waals surface area contributed by atoms with Gasteiger partial charge in [0, 0.05) is 24.2 Å². The summed E-state index contributed by atoms with van der Waals surface area (Å²) >= 11 is 0. The Morgan fingerprint density at radius 3 is 3.11 bits per heavy atom. The lowest BCUT2D eigenvalue weighted by atomic mass is 9.97. The van der Waals surface area contributed by atoms with E-state index in [1.807, 2.05) is 24.3 Å². The highest BCUT2D eigenvalue weighted by Gasteiger charge is 2.26. The lowest BCUT2D eigenvalue weighted by Crippen LogP contribution is -2.38. The van der Waals surface area contributed by atoms with Crippen molar-refractivity contribution in [2.24, 2.45) is 5.92 Å². The molecule has 18 heavy (non-hydrogen) atoms. The molecule has 4 heteroatoms. The summed E-state index contributed by atoms with van der Waals surface area (Å²) in [4.78, 5) is 13.3. The number of fused-ring (bicyclic) bond motifs is 1. The highest BCUT2D eigenvalue weighted by Crippen LogP contribution is 2.30. The molecule has 1 aromatic heterocycles. The number of anilines is 1. The number of carboxylic acids is 1. The highest BCUT2D eigenvalue weighted by atomic mass is 16.4. The van der Waals surface area contributed by atoms with E-state index in [1.165, 1.54) is 0 Å². The third-order valence-electron chi connectivity index (χ3n) is 3.58. The molecule has 0 aliphatic carbocycles. The molecule has 2 aromatic rings. The summed E-state index contributed by atoms with van der Waals surface area (Å²) in [6.45, 7) is 1.49. The van der Waals surface area contributed by atoms with Crippen LogP contribution in [0.3, 0.4) is 0 Å². The van der Waals surface area contributed by atoms with Crippen molar-refractivity contribution < 1.29 is 14.3 Å². The minimum absolute atomic E-state index is 0.263. The molecular formula is C14H15NO3. The first kappa shape index (κ1) is 11.1. The van der Waals surface area contributed by atoms with Gasteiger partial charge in [-0.1, -0.05) is 6.07 Å². The van der Waals surface area contributed by atoms with Crippen LogP contribution in [0.1, 0.15) is 12.8 Å². The first-order chi connectivity index (χ1) is 8.75. The van der Waals surface area contributed by atoms with Crippen LogP contribution in [-0.2, 0) is 4.79 Å². The van der Waals surface area contributed by atoms with Gasteiger partial charge < -0.3 is 14.4 Å². The van der Waals surface area contributed by atoms with Gasteiger partial charge in [-0.25, -0.2) is 0 Å². The van der Waals surface area contributed by atoms with Gasteiger partial charge in [0.25, 0.3) is 0 Å². The van der Waals surface area contributed by atoms with Gasteiger partial charge in [0.05, 0.1) is 12.2 Å². The maximum absolute atomic E-state index is 11.1. The van der Waals surface area contributed by atoms with E-state index in [9.17, 15) is 4.79 Å². The Morgan fingerprint density at radius 1 is 1.39 bits per heavy atom. The van der Waals surface area contributed by atoms with Crippen molar-refractivity contribution in [1.82, 2.24) is 0 Å². The third-order valence-corrected chi connectivity index (χ3v) is 3.58. The second-order valence-electron chi connectivity index (χ2n) is 4.73. The van der Waals surface area contributed by atoms with E-state index in [-0.39, 0.29) is 5.92 Å². The molecule has 0 saturated carbocycles. The molecule has 1 aliphatic rings. The number of aliphatic carboxylic acids is 1. The smallest absolute Gasteiger partial charge is 0.308 e. The fourth-order valence-electron chi connectivity index (χ4n) is 2.65. The minimum atomic E-state index is -0.695. The molecule has 1 unspecified atom stereocenters. The maximum atomic E-state index is 11.1. The zero-order valence-corrected chi connectivity index (χ0v) is 10.0. The second kappa shape index (κ2) is 4.37. The molecule has 1 aromatic carbocycles. The highest BCUT2D eigenvalue weighted by molar-refractivity contribution is 5.91. The number of carbonyl (C=O) groups is 1. The summed E-state index contributed by atoms with van der Waals surface area (Å²) in [5.41, 5.74) is 1.93. The van der Waals surface area contributed by atoms with Crippen LogP contribution in [0.5, 0.6) is 0 Å². The molecule has 0 radical (unpaired) electrons. The average Bonchev–Trinajstić information content (AvgIpc) is 2.87. The molecule has 1 fully saturated rings. The van der Waals surface area contributed by atoms with Crippen molar-refractivity contribution in [2.75, 3.05) is 18.0 Å². The van der Waals surface area contributed by atoms with Gasteiger partial charge in [0.2, 0.25) is 0 Å². The van der Waals surface area contributed by atoms with E-state index in [2.05, 4.69) is 4.90 Å². The molecule has 0 spiro atoms. The van der Waals surface area contributed by atoms with E-state index in [4.69, 9.17) is 9.52 Å². The summed E-state index contributed by atoms with van der Waals surface area (Å²) < 4.78 is 5.38. The zero-order valence-electron chi connectivity index (χ0n) is 10.0. The first-order valence-corrected chi connectivity index (χ1v) is 6.19. The predicted molar refractivity (Wildman–Crippen MR) is 68.8 cm³/mol. The Bertz CT molecular complexity index is 575. The summed E-state index contributed by atoms with van der Waals surface area (Å²) in [7, 11) is 0. The molecule has 94 valence electrons. The van der Waals surface area contributed by atoms with Crippen LogP contribution in [0.25, 0.3) is 11.0 Å². The van der Waals surface area contributed by atoms with Crippen LogP contribution in [0, 0.1) is 5.92 Å². The molecule has 1 saturated heterocycles. The average molecular weight is 245 g/mol. The lowest BCUT2D eigenvalue weighted by molar-refractivity contribution is -0.141. The summed E-state index contributed by atoms with van der Waals surface area (Å²) in [6.07, 6.45) is 3.37. The van der Waals surface area contributed by atoms with Crippen molar-refractivity contribution in [3.05, 3.63) is 30.5 Å². The van der Waals surface area contributed by atoms with E-state index in [1.54, 1.807) is 6.26 Å². The number of piperidine rings is 1. The Labute approximate surface area is 105 Å². The van der Waals surface area contributed by atoms with Gasteiger partial charge >= 0.3 is 5.97 Å². The van der Waals surface area contributed by atoms with Crippen molar-refractivity contribution >= 4 is 22.6 Å². The molecule has 2 heterocycles. The maximum Gasteiger partial charge on any atom is 0.308 e. The molecule has 4 nitrogen and oxygen atoms in total. The summed E-state index contributed by atoms with van der Waals surface area (Å²) in [6, 6.07) is 7.85. The minimum Gasteiger partial charge on any atom is -0.481 e. The van der Waals surface area contributed by atoms with Crippen LogP contribution in [0.15, 0.2) is 34.9 Å². The van der Waals surface area contributed by atoms with Gasteiger partial charge in [-0.15, -0.1) is 0 Å². The van der Waals surface area contributed by atoms with Gasteiger partial charge in [-0.3, -0.25) is 4.79 Å².